The molecule has 104 valence electrons. The molecule has 0 saturated carbocycles. The SMILES string of the molecule is CC(C)OCC(OC(C)C)C(CO)OC(C)C. The normalized spacial score (nSPS) is 15.9. The Kier molecular flexibility index (Phi) is 8.78. The minimum Gasteiger partial charge on any atom is -0.394 e. The van der Waals surface area contributed by atoms with Gasteiger partial charge < -0.3 is 19.3 Å². The standard InChI is InChI=1S/C13H28O4/c1-9(2)15-8-13(17-11(5)6)12(7-14)16-10(3)4/h9-14H,7-8H2,1-6H3. The van der Waals surface area contributed by atoms with E-state index < -0.39 is 0 Å². The lowest BCUT2D eigenvalue weighted by atomic mass is 10.2. The Morgan fingerprint density at radius 1 is 0.765 bits per heavy atom. The molecule has 0 aliphatic carbocycles. The zero-order chi connectivity index (χ0) is 13.4. The molecule has 0 amide bonds. The highest BCUT2D eigenvalue weighted by Gasteiger charge is 2.25. The Labute approximate surface area is 105 Å². The Hall–Kier alpha value is -0.160. The van der Waals surface area contributed by atoms with Crippen molar-refractivity contribution in [2.75, 3.05) is 13.2 Å². The topological polar surface area (TPSA) is 47.9 Å². The molecule has 0 rings (SSSR count). The van der Waals surface area contributed by atoms with Crippen LogP contribution in [0.2, 0.25) is 0 Å². The van der Waals surface area contributed by atoms with E-state index in [0.29, 0.717) is 6.61 Å². The molecule has 0 saturated heterocycles. The molecule has 0 aromatic carbocycles. The van der Waals surface area contributed by atoms with Gasteiger partial charge in [-0.15, -0.1) is 0 Å². The first kappa shape index (κ1) is 16.8. The van der Waals surface area contributed by atoms with E-state index in [4.69, 9.17) is 14.2 Å². The first-order valence-electron chi connectivity index (χ1n) is 6.40. The monoisotopic (exact) mass is 248 g/mol. The summed E-state index contributed by atoms with van der Waals surface area (Å²) in [5.74, 6) is 0. The molecule has 0 bridgehead atoms. The van der Waals surface area contributed by atoms with Gasteiger partial charge >= 0.3 is 0 Å². The van der Waals surface area contributed by atoms with E-state index in [1.165, 1.54) is 0 Å². The summed E-state index contributed by atoms with van der Waals surface area (Å²) in [5, 5.41) is 9.36. The highest BCUT2D eigenvalue weighted by Crippen LogP contribution is 2.11. The van der Waals surface area contributed by atoms with E-state index >= 15 is 0 Å². The molecule has 2 atom stereocenters. The first-order valence-corrected chi connectivity index (χ1v) is 6.40. The van der Waals surface area contributed by atoms with Crippen LogP contribution in [0.3, 0.4) is 0 Å². The third-order valence-electron chi connectivity index (χ3n) is 2.08. The fourth-order valence-electron chi connectivity index (χ4n) is 1.47. The second-order valence-electron chi connectivity index (χ2n) is 5.01. The highest BCUT2D eigenvalue weighted by atomic mass is 16.6. The summed E-state index contributed by atoms with van der Waals surface area (Å²) in [6.45, 7) is 12.1. The molecule has 0 aromatic rings. The maximum atomic E-state index is 9.36. The largest absolute Gasteiger partial charge is 0.394 e. The van der Waals surface area contributed by atoms with Crippen LogP contribution >= 0.6 is 0 Å². The summed E-state index contributed by atoms with van der Waals surface area (Å²) < 4.78 is 16.9. The molecule has 4 nitrogen and oxygen atoms in total. The predicted molar refractivity (Wildman–Crippen MR) is 68.2 cm³/mol. The van der Waals surface area contributed by atoms with Gasteiger partial charge in [0, 0.05) is 0 Å². The van der Waals surface area contributed by atoms with Crippen LogP contribution in [0, 0.1) is 0 Å². The molecular formula is C13H28O4. The highest BCUT2D eigenvalue weighted by molar-refractivity contribution is 4.72. The number of aliphatic hydroxyl groups is 1. The number of rotatable bonds is 9. The maximum Gasteiger partial charge on any atom is 0.110 e. The Morgan fingerprint density at radius 2 is 1.24 bits per heavy atom. The van der Waals surface area contributed by atoms with E-state index in [2.05, 4.69) is 0 Å². The molecule has 0 aromatic heterocycles. The van der Waals surface area contributed by atoms with Gasteiger partial charge in [0.05, 0.1) is 31.5 Å². The molecule has 0 radical (unpaired) electrons. The summed E-state index contributed by atoms with van der Waals surface area (Å²) in [5.41, 5.74) is 0. The lowest BCUT2D eigenvalue weighted by Gasteiger charge is -2.29. The van der Waals surface area contributed by atoms with Crippen molar-refractivity contribution >= 4 is 0 Å². The molecular weight excluding hydrogens is 220 g/mol. The third kappa shape index (κ3) is 8.55. The minimum atomic E-state index is -0.337. The van der Waals surface area contributed by atoms with Crippen molar-refractivity contribution in [3.63, 3.8) is 0 Å². The van der Waals surface area contributed by atoms with Gasteiger partial charge in [-0.1, -0.05) is 0 Å². The Bertz CT molecular complexity index is 180. The van der Waals surface area contributed by atoms with E-state index in [0.717, 1.165) is 0 Å². The quantitative estimate of drug-likeness (QED) is 0.678. The zero-order valence-corrected chi connectivity index (χ0v) is 12.0. The number of hydrogen-bond acceptors (Lipinski definition) is 4. The number of ether oxygens (including phenoxy) is 3. The number of aliphatic hydroxyl groups excluding tert-OH is 1. The van der Waals surface area contributed by atoms with Crippen molar-refractivity contribution in [3.05, 3.63) is 0 Å². The van der Waals surface area contributed by atoms with Crippen molar-refractivity contribution in [3.8, 4) is 0 Å². The summed E-state index contributed by atoms with van der Waals surface area (Å²) in [6.07, 6.45) is -0.280. The Balaban J connectivity index is 4.38. The minimum absolute atomic E-state index is 0.0585. The molecule has 2 unspecified atom stereocenters. The van der Waals surface area contributed by atoms with Crippen LogP contribution in [-0.4, -0.2) is 48.8 Å². The second kappa shape index (κ2) is 8.86. The van der Waals surface area contributed by atoms with Crippen LogP contribution in [-0.2, 0) is 14.2 Å². The van der Waals surface area contributed by atoms with Crippen LogP contribution < -0.4 is 0 Å². The lowest BCUT2D eigenvalue weighted by molar-refractivity contribution is -0.151. The van der Waals surface area contributed by atoms with Gasteiger partial charge in [-0.25, -0.2) is 0 Å². The van der Waals surface area contributed by atoms with Crippen LogP contribution in [0.4, 0.5) is 0 Å². The average molecular weight is 248 g/mol. The van der Waals surface area contributed by atoms with E-state index in [-0.39, 0.29) is 37.1 Å². The van der Waals surface area contributed by atoms with Gasteiger partial charge in [0.25, 0.3) is 0 Å². The smallest absolute Gasteiger partial charge is 0.110 e. The molecule has 0 fully saturated rings. The molecule has 4 heteroatoms. The van der Waals surface area contributed by atoms with Gasteiger partial charge in [0.2, 0.25) is 0 Å². The molecule has 0 aliphatic heterocycles. The second-order valence-corrected chi connectivity index (χ2v) is 5.01. The fraction of sp³-hybridized carbons (Fsp3) is 1.00. The number of hydrogen-bond donors (Lipinski definition) is 1. The van der Waals surface area contributed by atoms with Crippen molar-refractivity contribution in [1.29, 1.82) is 0 Å². The summed E-state index contributed by atoms with van der Waals surface area (Å²) in [4.78, 5) is 0. The van der Waals surface area contributed by atoms with Crippen LogP contribution in [0.1, 0.15) is 41.5 Å². The molecule has 0 heterocycles. The van der Waals surface area contributed by atoms with Gasteiger partial charge in [-0.05, 0) is 41.5 Å². The maximum absolute atomic E-state index is 9.36. The third-order valence-corrected chi connectivity index (χ3v) is 2.08. The van der Waals surface area contributed by atoms with Gasteiger partial charge in [0.1, 0.15) is 12.2 Å². The molecule has 0 aliphatic rings. The average Bonchev–Trinajstić information content (AvgIpc) is 2.20. The summed E-state index contributed by atoms with van der Waals surface area (Å²) in [7, 11) is 0. The van der Waals surface area contributed by atoms with Crippen molar-refractivity contribution in [1.82, 2.24) is 0 Å². The van der Waals surface area contributed by atoms with Crippen LogP contribution in [0.25, 0.3) is 0 Å². The fourth-order valence-corrected chi connectivity index (χ4v) is 1.47. The molecule has 0 spiro atoms. The van der Waals surface area contributed by atoms with Gasteiger partial charge in [-0.3, -0.25) is 0 Å². The first-order chi connectivity index (χ1) is 7.86. The van der Waals surface area contributed by atoms with Crippen LogP contribution in [0.15, 0.2) is 0 Å². The molecule has 1 N–H and O–H groups in total. The lowest BCUT2D eigenvalue weighted by Crippen LogP contribution is -2.41. The van der Waals surface area contributed by atoms with Gasteiger partial charge in [-0.2, -0.15) is 0 Å². The van der Waals surface area contributed by atoms with Crippen molar-refractivity contribution < 1.29 is 19.3 Å². The van der Waals surface area contributed by atoms with E-state index in [9.17, 15) is 5.11 Å². The molecule has 17 heavy (non-hydrogen) atoms. The van der Waals surface area contributed by atoms with Gasteiger partial charge in [0.15, 0.2) is 0 Å². The summed E-state index contributed by atoms with van der Waals surface area (Å²) >= 11 is 0. The zero-order valence-electron chi connectivity index (χ0n) is 12.0. The van der Waals surface area contributed by atoms with E-state index in [1.54, 1.807) is 0 Å². The summed E-state index contributed by atoms with van der Waals surface area (Å²) in [6, 6.07) is 0. The van der Waals surface area contributed by atoms with Crippen molar-refractivity contribution in [2.24, 2.45) is 0 Å². The Morgan fingerprint density at radius 3 is 1.59 bits per heavy atom. The predicted octanol–water partition coefficient (Wildman–Crippen LogP) is 1.99. The van der Waals surface area contributed by atoms with E-state index in [1.807, 2.05) is 41.5 Å². The van der Waals surface area contributed by atoms with Crippen molar-refractivity contribution in [2.45, 2.75) is 72.1 Å². The van der Waals surface area contributed by atoms with Crippen LogP contribution in [0.5, 0.6) is 0 Å².